The van der Waals surface area contributed by atoms with Gasteiger partial charge in [-0.3, -0.25) is 4.79 Å². The van der Waals surface area contributed by atoms with Crippen LogP contribution >= 0.6 is 23.3 Å². The summed E-state index contributed by atoms with van der Waals surface area (Å²) in [5.74, 6) is 0.695. The maximum atomic E-state index is 11.4. The van der Waals surface area contributed by atoms with Crippen molar-refractivity contribution in [1.82, 2.24) is 9.36 Å². The van der Waals surface area contributed by atoms with E-state index < -0.39 is 0 Å². The highest BCUT2D eigenvalue weighted by molar-refractivity contribution is 8.01. The van der Waals surface area contributed by atoms with Gasteiger partial charge in [0.1, 0.15) is 6.33 Å². The van der Waals surface area contributed by atoms with E-state index in [1.54, 1.807) is 12.1 Å². The van der Waals surface area contributed by atoms with Gasteiger partial charge < -0.3 is 4.42 Å². The number of hydrogen-bond donors (Lipinski definition) is 0. The van der Waals surface area contributed by atoms with E-state index in [9.17, 15) is 4.79 Å². The lowest BCUT2D eigenvalue weighted by Gasteiger charge is -1.93. The molecule has 0 fully saturated rings. The van der Waals surface area contributed by atoms with Crippen molar-refractivity contribution in [3.63, 3.8) is 0 Å². The number of carbonyl (C=O) groups excluding carboxylic acids is 1. The second-order valence-corrected chi connectivity index (χ2v) is 4.40. The minimum atomic E-state index is -0.0322. The quantitative estimate of drug-likeness (QED) is 0.590. The van der Waals surface area contributed by atoms with Crippen molar-refractivity contribution in [2.45, 2.75) is 4.34 Å². The van der Waals surface area contributed by atoms with E-state index >= 15 is 0 Å². The zero-order chi connectivity index (χ0) is 9.80. The van der Waals surface area contributed by atoms with Gasteiger partial charge in [-0.2, -0.15) is 4.37 Å². The van der Waals surface area contributed by atoms with Crippen molar-refractivity contribution in [2.75, 3.05) is 5.75 Å². The molecule has 0 unspecified atom stereocenters. The Morgan fingerprint density at radius 1 is 1.64 bits per heavy atom. The van der Waals surface area contributed by atoms with Crippen LogP contribution in [0.5, 0.6) is 0 Å². The van der Waals surface area contributed by atoms with E-state index in [-0.39, 0.29) is 5.78 Å². The molecule has 0 radical (unpaired) electrons. The zero-order valence-electron chi connectivity index (χ0n) is 7.04. The molecule has 0 saturated heterocycles. The van der Waals surface area contributed by atoms with E-state index in [4.69, 9.17) is 4.42 Å². The van der Waals surface area contributed by atoms with Crippen molar-refractivity contribution in [1.29, 1.82) is 0 Å². The third kappa shape index (κ3) is 2.21. The van der Waals surface area contributed by atoms with Gasteiger partial charge in [-0.25, -0.2) is 4.98 Å². The van der Waals surface area contributed by atoms with E-state index in [1.807, 2.05) is 0 Å². The van der Waals surface area contributed by atoms with Crippen molar-refractivity contribution in [2.24, 2.45) is 0 Å². The van der Waals surface area contributed by atoms with Crippen LogP contribution in [0.1, 0.15) is 10.6 Å². The summed E-state index contributed by atoms with van der Waals surface area (Å²) in [6.45, 7) is 0. The molecule has 0 bridgehead atoms. The molecule has 0 spiro atoms. The number of rotatable bonds is 4. The first-order valence-corrected chi connectivity index (χ1v) is 5.58. The van der Waals surface area contributed by atoms with E-state index in [0.717, 1.165) is 4.34 Å². The summed E-state index contributed by atoms with van der Waals surface area (Å²) in [5, 5.41) is 0. The number of carbonyl (C=O) groups is 1. The summed E-state index contributed by atoms with van der Waals surface area (Å²) in [6, 6.07) is 3.35. The van der Waals surface area contributed by atoms with E-state index in [1.165, 1.54) is 35.9 Å². The molecule has 0 aliphatic carbocycles. The molecule has 72 valence electrons. The molecule has 2 rings (SSSR count). The van der Waals surface area contributed by atoms with E-state index in [2.05, 4.69) is 9.36 Å². The third-order valence-corrected chi connectivity index (χ3v) is 3.26. The third-order valence-electron chi connectivity index (χ3n) is 1.46. The van der Waals surface area contributed by atoms with Crippen LogP contribution in [-0.4, -0.2) is 20.9 Å². The summed E-state index contributed by atoms with van der Waals surface area (Å²) in [5.41, 5.74) is 0. The normalized spacial score (nSPS) is 10.3. The SMILES string of the molecule is O=C(CSc1ncns1)c1ccco1. The van der Waals surface area contributed by atoms with E-state index in [0.29, 0.717) is 11.5 Å². The molecule has 2 aromatic heterocycles. The number of hydrogen-bond acceptors (Lipinski definition) is 6. The van der Waals surface area contributed by atoms with Crippen LogP contribution in [0.3, 0.4) is 0 Å². The highest BCUT2D eigenvalue weighted by atomic mass is 32.2. The molecule has 0 amide bonds. The van der Waals surface area contributed by atoms with Crippen LogP contribution in [-0.2, 0) is 0 Å². The molecule has 4 nitrogen and oxygen atoms in total. The Morgan fingerprint density at radius 2 is 2.57 bits per heavy atom. The lowest BCUT2D eigenvalue weighted by Crippen LogP contribution is -1.99. The van der Waals surface area contributed by atoms with Crippen LogP contribution < -0.4 is 0 Å². The van der Waals surface area contributed by atoms with Gasteiger partial charge in [0.15, 0.2) is 10.1 Å². The van der Waals surface area contributed by atoms with Gasteiger partial charge in [0, 0.05) is 0 Å². The van der Waals surface area contributed by atoms with Crippen LogP contribution in [0.2, 0.25) is 0 Å². The fourth-order valence-corrected chi connectivity index (χ4v) is 2.18. The average molecular weight is 226 g/mol. The summed E-state index contributed by atoms with van der Waals surface area (Å²) in [7, 11) is 0. The molecule has 2 aromatic rings. The van der Waals surface area contributed by atoms with Crippen molar-refractivity contribution in [3.05, 3.63) is 30.5 Å². The molecule has 0 aromatic carbocycles. The van der Waals surface area contributed by atoms with Crippen molar-refractivity contribution >= 4 is 29.1 Å². The zero-order valence-corrected chi connectivity index (χ0v) is 8.68. The summed E-state index contributed by atoms with van der Waals surface area (Å²) in [4.78, 5) is 15.4. The summed E-state index contributed by atoms with van der Waals surface area (Å²) >= 11 is 2.65. The van der Waals surface area contributed by atoms with Gasteiger partial charge in [-0.05, 0) is 23.7 Å². The van der Waals surface area contributed by atoms with Gasteiger partial charge in [0.05, 0.1) is 12.0 Å². The number of thioether (sulfide) groups is 1. The molecule has 0 saturated carbocycles. The number of furan rings is 1. The fourth-order valence-electron chi connectivity index (χ4n) is 0.862. The molecular weight excluding hydrogens is 220 g/mol. The Bertz CT molecular complexity index is 397. The van der Waals surface area contributed by atoms with Gasteiger partial charge in [-0.1, -0.05) is 11.8 Å². The maximum absolute atomic E-state index is 11.4. The monoisotopic (exact) mass is 226 g/mol. The maximum Gasteiger partial charge on any atom is 0.208 e. The van der Waals surface area contributed by atoms with Crippen LogP contribution in [0.15, 0.2) is 33.5 Å². The minimum absolute atomic E-state index is 0.0322. The van der Waals surface area contributed by atoms with Gasteiger partial charge in [0.2, 0.25) is 5.78 Å². The van der Waals surface area contributed by atoms with Crippen molar-refractivity contribution < 1.29 is 9.21 Å². The van der Waals surface area contributed by atoms with Gasteiger partial charge in [0.25, 0.3) is 0 Å². The Morgan fingerprint density at radius 3 is 3.21 bits per heavy atom. The summed E-state index contributed by atoms with van der Waals surface area (Å²) < 4.78 is 9.60. The number of Topliss-reactive ketones (excluding diaryl/α,β-unsaturated/α-hetero) is 1. The largest absolute Gasteiger partial charge is 0.461 e. The number of aromatic nitrogens is 2. The Labute approximate surface area is 88.5 Å². The lowest BCUT2D eigenvalue weighted by atomic mass is 10.3. The Hall–Kier alpha value is -1.14. The highest BCUT2D eigenvalue weighted by Gasteiger charge is 2.09. The molecule has 6 heteroatoms. The lowest BCUT2D eigenvalue weighted by molar-refractivity contribution is 0.0992. The second-order valence-electron chi connectivity index (χ2n) is 2.40. The second kappa shape index (κ2) is 4.39. The van der Waals surface area contributed by atoms with Crippen LogP contribution in [0.25, 0.3) is 0 Å². The van der Waals surface area contributed by atoms with Crippen LogP contribution in [0, 0.1) is 0 Å². The number of ketones is 1. The molecule has 0 aliphatic heterocycles. The molecule has 2 heterocycles. The highest BCUT2D eigenvalue weighted by Crippen LogP contribution is 2.19. The molecular formula is C8H6N2O2S2. The molecule has 0 N–H and O–H groups in total. The first kappa shape index (κ1) is 9.42. The predicted octanol–water partition coefficient (Wildman–Crippen LogP) is 2.11. The minimum Gasteiger partial charge on any atom is -0.461 e. The number of nitrogens with zero attached hydrogens (tertiary/aromatic N) is 2. The molecule has 14 heavy (non-hydrogen) atoms. The first-order chi connectivity index (χ1) is 6.86. The average Bonchev–Trinajstić information content (AvgIpc) is 2.87. The Kier molecular flexibility index (Phi) is 2.95. The van der Waals surface area contributed by atoms with Crippen molar-refractivity contribution in [3.8, 4) is 0 Å². The topological polar surface area (TPSA) is 56.0 Å². The fraction of sp³-hybridized carbons (Fsp3) is 0.125. The Balaban J connectivity index is 1.90. The van der Waals surface area contributed by atoms with Gasteiger partial charge >= 0.3 is 0 Å². The predicted molar refractivity (Wildman–Crippen MR) is 53.7 cm³/mol. The summed E-state index contributed by atoms with van der Waals surface area (Å²) in [6.07, 6.45) is 2.97. The van der Waals surface area contributed by atoms with Crippen LogP contribution in [0.4, 0.5) is 0 Å². The standard InChI is InChI=1S/C8H6N2O2S2/c11-6(7-2-1-3-12-7)4-13-8-9-5-10-14-8/h1-3,5H,4H2. The molecule has 0 atom stereocenters. The smallest absolute Gasteiger partial charge is 0.208 e. The molecule has 0 aliphatic rings. The first-order valence-electron chi connectivity index (χ1n) is 3.82. The van der Waals surface area contributed by atoms with Gasteiger partial charge in [-0.15, -0.1) is 0 Å².